The smallest absolute Gasteiger partial charge is 0.229 e. The quantitative estimate of drug-likeness (QED) is 0.279. The van der Waals surface area contributed by atoms with Gasteiger partial charge < -0.3 is 14.8 Å². The number of nitrogens with zero attached hydrogens (tertiary/aromatic N) is 3. The molecule has 3 heterocycles. The molecule has 5 rings (SSSR count). The van der Waals surface area contributed by atoms with E-state index >= 15 is 0 Å². The van der Waals surface area contributed by atoms with E-state index in [2.05, 4.69) is 45.3 Å². The highest BCUT2D eigenvalue weighted by atomic mass is 35.5. The normalized spacial score (nSPS) is 17.5. The van der Waals surface area contributed by atoms with Crippen molar-refractivity contribution in [3.63, 3.8) is 0 Å². The van der Waals surface area contributed by atoms with Gasteiger partial charge in [0, 0.05) is 45.2 Å². The van der Waals surface area contributed by atoms with Crippen LogP contribution in [0.4, 0.5) is 11.4 Å². The standard InChI is InChI=1S/C28H28ClN5O2S2/c1-17-18(2)33(23-9-7-8-20(29)16-23)19(3)25(17)27-26(24-10-5-6-15-30-24)31-28(37)34(27)22-13-11-21(12-14-22)32-38(4,35)36/h5-16,26-27,32H,1-4H3,(H,31,37)/t26-,27-/m1/s1. The number of hydrogen-bond donors (Lipinski definition) is 2. The fourth-order valence-electron chi connectivity index (χ4n) is 5.27. The van der Waals surface area contributed by atoms with Gasteiger partial charge in [0.05, 0.1) is 24.0 Å². The fraction of sp³-hybridized carbons (Fsp3) is 0.214. The predicted octanol–water partition coefficient (Wildman–Crippen LogP) is 6.00. The Morgan fingerprint density at radius 1 is 0.974 bits per heavy atom. The molecule has 0 radical (unpaired) electrons. The summed E-state index contributed by atoms with van der Waals surface area (Å²) in [4.78, 5) is 6.76. The van der Waals surface area contributed by atoms with Gasteiger partial charge in [-0.3, -0.25) is 9.71 Å². The molecule has 38 heavy (non-hydrogen) atoms. The van der Waals surface area contributed by atoms with Crippen molar-refractivity contribution in [2.45, 2.75) is 32.9 Å². The van der Waals surface area contributed by atoms with Crippen LogP contribution in [0.2, 0.25) is 5.02 Å². The first-order valence-electron chi connectivity index (χ1n) is 12.1. The fourth-order valence-corrected chi connectivity index (χ4v) is 6.37. The lowest BCUT2D eigenvalue weighted by atomic mass is 9.93. The van der Waals surface area contributed by atoms with Gasteiger partial charge >= 0.3 is 0 Å². The monoisotopic (exact) mass is 565 g/mol. The van der Waals surface area contributed by atoms with E-state index in [0.717, 1.165) is 45.8 Å². The summed E-state index contributed by atoms with van der Waals surface area (Å²) in [5, 5.41) is 4.75. The zero-order valence-electron chi connectivity index (χ0n) is 21.4. The van der Waals surface area contributed by atoms with Gasteiger partial charge in [-0.15, -0.1) is 0 Å². The summed E-state index contributed by atoms with van der Waals surface area (Å²) in [6.07, 6.45) is 2.92. The summed E-state index contributed by atoms with van der Waals surface area (Å²) < 4.78 is 28.2. The van der Waals surface area contributed by atoms with E-state index in [1.807, 2.05) is 54.6 Å². The third kappa shape index (κ3) is 4.89. The molecule has 0 spiro atoms. The zero-order valence-corrected chi connectivity index (χ0v) is 23.8. The number of halogens is 1. The first-order valence-corrected chi connectivity index (χ1v) is 14.8. The highest BCUT2D eigenvalue weighted by molar-refractivity contribution is 7.92. The Morgan fingerprint density at radius 3 is 2.34 bits per heavy atom. The molecule has 2 N–H and O–H groups in total. The van der Waals surface area contributed by atoms with Crippen molar-refractivity contribution in [1.82, 2.24) is 14.9 Å². The molecule has 0 aliphatic carbocycles. The second kappa shape index (κ2) is 10.1. The lowest BCUT2D eigenvalue weighted by molar-refractivity contribution is 0.563. The van der Waals surface area contributed by atoms with Gasteiger partial charge in [0.2, 0.25) is 10.0 Å². The largest absolute Gasteiger partial charge is 0.351 e. The van der Waals surface area contributed by atoms with Crippen molar-refractivity contribution < 1.29 is 8.42 Å². The molecule has 2 aromatic heterocycles. The first kappa shape index (κ1) is 26.2. The van der Waals surface area contributed by atoms with Crippen molar-refractivity contribution in [3.8, 4) is 5.69 Å². The van der Waals surface area contributed by atoms with Crippen molar-refractivity contribution in [2.24, 2.45) is 0 Å². The molecule has 4 aromatic rings. The maximum absolute atomic E-state index is 11.7. The highest BCUT2D eigenvalue weighted by Crippen LogP contribution is 2.45. The highest BCUT2D eigenvalue weighted by Gasteiger charge is 2.43. The molecule has 2 atom stereocenters. The number of nitrogens with one attached hydrogen (secondary N) is 2. The van der Waals surface area contributed by atoms with Crippen LogP contribution in [0.3, 0.4) is 0 Å². The number of rotatable bonds is 6. The summed E-state index contributed by atoms with van der Waals surface area (Å²) in [5.41, 5.74) is 7.70. The lowest BCUT2D eigenvalue weighted by Crippen LogP contribution is -2.29. The van der Waals surface area contributed by atoms with E-state index in [9.17, 15) is 8.42 Å². The number of pyridine rings is 1. The topological polar surface area (TPSA) is 79.3 Å². The Bertz CT molecular complexity index is 1620. The third-order valence-corrected chi connectivity index (χ3v) is 8.07. The third-order valence-electron chi connectivity index (χ3n) is 6.92. The van der Waals surface area contributed by atoms with Crippen molar-refractivity contribution in [2.75, 3.05) is 15.9 Å². The van der Waals surface area contributed by atoms with Crippen LogP contribution in [0.15, 0.2) is 72.9 Å². The molecule has 0 unspecified atom stereocenters. The summed E-state index contributed by atoms with van der Waals surface area (Å²) in [7, 11) is -3.38. The van der Waals surface area contributed by atoms with Crippen LogP contribution in [0.1, 0.15) is 40.3 Å². The zero-order chi connectivity index (χ0) is 27.2. The minimum absolute atomic E-state index is 0.203. The number of hydrogen-bond acceptors (Lipinski definition) is 4. The van der Waals surface area contributed by atoms with Gasteiger partial charge in [-0.25, -0.2) is 8.42 Å². The summed E-state index contributed by atoms with van der Waals surface area (Å²) >= 11 is 12.2. The Labute approximate surface area is 233 Å². The molecule has 10 heteroatoms. The van der Waals surface area contributed by atoms with E-state index in [1.54, 1.807) is 18.3 Å². The molecule has 0 amide bonds. The van der Waals surface area contributed by atoms with Crippen LogP contribution in [0.5, 0.6) is 0 Å². The van der Waals surface area contributed by atoms with Crippen LogP contribution in [-0.4, -0.2) is 29.3 Å². The molecular weight excluding hydrogens is 538 g/mol. The summed E-state index contributed by atoms with van der Waals surface area (Å²) in [6.45, 7) is 6.36. The maximum atomic E-state index is 11.7. The molecular formula is C28H28ClN5O2S2. The molecule has 7 nitrogen and oxygen atoms in total. The first-order chi connectivity index (χ1) is 18.0. The Morgan fingerprint density at radius 2 is 1.71 bits per heavy atom. The number of benzene rings is 2. The van der Waals surface area contributed by atoms with E-state index in [-0.39, 0.29) is 12.1 Å². The Balaban J connectivity index is 1.67. The number of thiocarbonyl (C=S) groups is 1. The Hall–Kier alpha value is -3.40. The summed E-state index contributed by atoms with van der Waals surface area (Å²) in [5.74, 6) is 0. The average molecular weight is 566 g/mol. The summed E-state index contributed by atoms with van der Waals surface area (Å²) in [6, 6.07) is 20.5. The van der Waals surface area contributed by atoms with Crippen LogP contribution < -0.4 is 14.9 Å². The lowest BCUT2D eigenvalue weighted by Gasteiger charge is -2.29. The van der Waals surface area contributed by atoms with Crippen molar-refractivity contribution in [3.05, 3.63) is 106 Å². The van der Waals surface area contributed by atoms with E-state index in [0.29, 0.717) is 15.8 Å². The molecule has 2 aromatic carbocycles. The predicted molar refractivity (Wildman–Crippen MR) is 158 cm³/mol. The van der Waals surface area contributed by atoms with Gasteiger partial charge in [-0.1, -0.05) is 23.7 Å². The Kier molecular flexibility index (Phi) is 6.94. The number of anilines is 2. The van der Waals surface area contributed by atoms with Gasteiger partial charge in [0.1, 0.15) is 0 Å². The molecule has 1 saturated heterocycles. The van der Waals surface area contributed by atoms with E-state index in [1.165, 1.54) is 0 Å². The van der Waals surface area contributed by atoms with E-state index in [4.69, 9.17) is 23.8 Å². The average Bonchev–Trinajstić information content (AvgIpc) is 3.31. The van der Waals surface area contributed by atoms with Crippen LogP contribution >= 0.6 is 23.8 Å². The molecule has 0 saturated carbocycles. The SMILES string of the molecule is Cc1c([C@@H]2[C@@H](c3ccccn3)NC(=S)N2c2ccc(NS(C)(=O)=O)cc2)c(C)n(-c2cccc(Cl)c2)c1C. The van der Waals surface area contributed by atoms with Gasteiger partial charge in [0.15, 0.2) is 5.11 Å². The van der Waals surface area contributed by atoms with Crippen molar-refractivity contribution >= 4 is 50.3 Å². The van der Waals surface area contributed by atoms with Gasteiger partial charge in [-0.2, -0.15) is 0 Å². The van der Waals surface area contributed by atoms with Crippen molar-refractivity contribution in [1.29, 1.82) is 0 Å². The maximum Gasteiger partial charge on any atom is 0.229 e. The van der Waals surface area contributed by atoms with Gasteiger partial charge in [-0.05, 0) is 93.1 Å². The number of aromatic nitrogens is 2. The number of sulfonamides is 1. The second-order valence-electron chi connectivity index (χ2n) is 9.44. The van der Waals surface area contributed by atoms with Gasteiger partial charge in [0.25, 0.3) is 0 Å². The minimum Gasteiger partial charge on any atom is -0.351 e. The minimum atomic E-state index is -3.38. The van der Waals surface area contributed by atoms with Crippen LogP contribution in [0, 0.1) is 20.8 Å². The van der Waals surface area contributed by atoms with Crippen LogP contribution in [-0.2, 0) is 10.0 Å². The van der Waals surface area contributed by atoms with E-state index < -0.39 is 10.0 Å². The molecule has 0 bridgehead atoms. The van der Waals surface area contributed by atoms with Crippen LogP contribution in [0.25, 0.3) is 5.69 Å². The second-order valence-corrected chi connectivity index (χ2v) is 12.0. The molecule has 196 valence electrons. The molecule has 1 fully saturated rings. The molecule has 1 aliphatic rings. The molecule has 1 aliphatic heterocycles.